The number of benzene rings is 1. The lowest BCUT2D eigenvalue weighted by Crippen LogP contribution is -2.14. The van der Waals surface area contributed by atoms with E-state index in [1.54, 1.807) is 35.3 Å². The average Bonchev–Trinajstić information content (AvgIpc) is 3.40. The molecular formula is C20H17ClN6O3S2. The molecular weight excluding hydrogens is 472 g/mol. The Morgan fingerprint density at radius 2 is 2.06 bits per heavy atom. The Bertz CT molecular complexity index is 1260. The fourth-order valence-electron chi connectivity index (χ4n) is 2.80. The summed E-state index contributed by atoms with van der Waals surface area (Å²) in [5.41, 5.74) is 2.01. The summed E-state index contributed by atoms with van der Waals surface area (Å²) in [7, 11) is 0. The van der Waals surface area contributed by atoms with E-state index in [1.165, 1.54) is 29.4 Å². The molecule has 1 amide bonds. The molecule has 0 bridgehead atoms. The van der Waals surface area contributed by atoms with Gasteiger partial charge in [0.1, 0.15) is 11.4 Å². The van der Waals surface area contributed by atoms with Crippen molar-refractivity contribution in [3.05, 3.63) is 52.9 Å². The lowest BCUT2D eigenvalue weighted by atomic mass is 10.3. The molecule has 9 nitrogen and oxygen atoms in total. The maximum atomic E-state index is 12.4. The number of nitrogens with one attached hydrogen (secondary N) is 1. The number of hydrogen-bond donors (Lipinski definition) is 1. The van der Waals surface area contributed by atoms with Crippen LogP contribution >= 0.6 is 34.7 Å². The number of carbonyl (C=O) groups is 2. The van der Waals surface area contributed by atoms with E-state index in [2.05, 4.69) is 25.4 Å². The van der Waals surface area contributed by atoms with E-state index in [9.17, 15) is 9.59 Å². The number of halogens is 1. The fourth-order valence-corrected chi connectivity index (χ4v) is 4.42. The Kier molecular flexibility index (Phi) is 6.98. The summed E-state index contributed by atoms with van der Waals surface area (Å²) < 4.78 is 6.60. The van der Waals surface area contributed by atoms with Crippen molar-refractivity contribution in [2.24, 2.45) is 0 Å². The highest BCUT2D eigenvalue weighted by Gasteiger charge is 2.14. The molecule has 1 N–H and O–H groups in total. The van der Waals surface area contributed by atoms with Crippen LogP contribution in [0, 0.1) is 0 Å². The number of esters is 1. The maximum Gasteiger partial charge on any atom is 0.311 e. The van der Waals surface area contributed by atoms with Gasteiger partial charge in [0.2, 0.25) is 5.91 Å². The van der Waals surface area contributed by atoms with Gasteiger partial charge in [0.15, 0.2) is 10.8 Å². The molecule has 0 aliphatic carbocycles. The number of aromatic nitrogens is 5. The van der Waals surface area contributed by atoms with Crippen LogP contribution in [0.2, 0.25) is 5.02 Å². The first-order valence-electron chi connectivity index (χ1n) is 9.51. The van der Waals surface area contributed by atoms with Crippen molar-refractivity contribution in [2.45, 2.75) is 18.4 Å². The van der Waals surface area contributed by atoms with Crippen LogP contribution in [0.25, 0.3) is 16.7 Å². The van der Waals surface area contributed by atoms with Crippen LogP contribution < -0.4 is 5.32 Å². The van der Waals surface area contributed by atoms with Crippen molar-refractivity contribution in [3.8, 4) is 5.69 Å². The Labute approximate surface area is 196 Å². The van der Waals surface area contributed by atoms with Gasteiger partial charge in [0.25, 0.3) is 0 Å². The molecule has 32 heavy (non-hydrogen) atoms. The largest absolute Gasteiger partial charge is 0.466 e. The molecule has 0 unspecified atom stereocenters. The molecule has 4 aromatic rings. The summed E-state index contributed by atoms with van der Waals surface area (Å²) >= 11 is 8.49. The highest BCUT2D eigenvalue weighted by Crippen LogP contribution is 2.26. The maximum absolute atomic E-state index is 12.4. The number of fused-ring (bicyclic) bond motifs is 1. The molecule has 12 heteroatoms. The second kappa shape index (κ2) is 10.1. The minimum atomic E-state index is -0.349. The Balaban J connectivity index is 1.40. The highest BCUT2D eigenvalue weighted by atomic mass is 35.5. The number of ether oxygens (including phenoxy) is 1. The SMILES string of the molecule is CCOC(=O)Cc1csc(NC(=O)CSc2ncnc3c2cnn3-c2ccc(Cl)cc2)n1. The van der Waals surface area contributed by atoms with Gasteiger partial charge in [-0.2, -0.15) is 5.10 Å². The lowest BCUT2D eigenvalue weighted by molar-refractivity contribution is -0.142. The zero-order valence-electron chi connectivity index (χ0n) is 16.8. The number of carbonyl (C=O) groups excluding carboxylic acids is 2. The second-order valence-electron chi connectivity index (χ2n) is 6.41. The van der Waals surface area contributed by atoms with E-state index >= 15 is 0 Å². The highest BCUT2D eigenvalue weighted by molar-refractivity contribution is 8.00. The number of thiazole rings is 1. The minimum Gasteiger partial charge on any atom is -0.466 e. The van der Waals surface area contributed by atoms with E-state index in [-0.39, 0.29) is 24.1 Å². The molecule has 0 radical (unpaired) electrons. The monoisotopic (exact) mass is 488 g/mol. The van der Waals surface area contributed by atoms with Gasteiger partial charge in [0.05, 0.1) is 41.7 Å². The van der Waals surface area contributed by atoms with Gasteiger partial charge < -0.3 is 10.1 Å². The summed E-state index contributed by atoms with van der Waals surface area (Å²) in [6.45, 7) is 2.06. The summed E-state index contributed by atoms with van der Waals surface area (Å²) in [4.78, 5) is 36.8. The van der Waals surface area contributed by atoms with Gasteiger partial charge in [0, 0.05) is 10.4 Å². The number of rotatable bonds is 8. The molecule has 0 saturated carbocycles. The predicted molar refractivity (Wildman–Crippen MR) is 123 cm³/mol. The van der Waals surface area contributed by atoms with Crippen LogP contribution in [0.1, 0.15) is 12.6 Å². The zero-order valence-corrected chi connectivity index (χ0v) is 19.2. The van der Waals surface area contributed by atoms with E-state index in [0.717, 1.165) is 11.1 Å². The number of amides is 1. The standard InChI is InChI=1S/C20H17ClN6O3S2/c1-2-30-17(29)7-13-9-32-20(25-13)26-16(28)10-31-19-15-8-24-27(18(15)22-11-23-19)14-5-3-12(21)4-6-14/h3-6,8-9,11H,2,7,10H2,1H3,(H,25,26,28). The molecule has 3 aromatic heterocycles. The Hall–Kier alpha value is -3.02. The van der Waals surface area contributed by atoms with Gasteiger partial charge in [-0.05, 0) is 31.2 Å². The van der Waals surface area contributed by atoms with Gasteiger partial charge >= 0.3 is 5.97 Å². The number of nitrogens with zero attached hydrogens (tertiary/aromatic N) is 5. The van der Waals surface area contributed by atoms with Gasteiger partial charge in [-0.15, -0.1) is 11.3 Å². The van der Waals surface area contributed by atoms with Crippen molar-refractivity contribution >= 4 is 62.7 Å². The third-order valence-electron chi connectivity index (χ3n) is 4.17. The first kappa shape index (κ1) is 22.2. The Morgan fingerprint density at radius 3 is 2.84 bits per heavy atom. The van der Waals surface area contributed by atoms with Crippen LogP contribution in [0.15, 0.2) is 47.2 Å². The van der Waals surface area contributed by atoms with Crippen LogP contribution in [0.3, 0.4) is 0 Å². The zero-order chi connectivity index (χ0) is 22.5. The topological polar surface area (TPSA) is 112 Å². The molecule has 4 rings (SSSR count). The molecule has 164 valence electrons. The second-order valence-corrected chi connectivity index (χ2v) is 8.67. The number of thioether (sulfide) groups is 1. The summed E-state index contributed by atoms with van der Waals surface area (Å²) in [6, 6.07) is 7.26. The van der Waals surface area contributed by atoms with Crippen molar-refractivity contribution in [2.75, 3.05) is 17.7 Å². The first-order chi connectivity index (χ1) is 15.5. The molecule has 0 saturated heterocycles. The lowest BCUT2D eigenvalue weighted by Gasteiger charge is -2.04. The molecule has 0 fully saturated rings. The van der Waals surface area contributed by atoms with Crippen LogP contribution in [-0.2, 0) is 20.7 Å². The van der Waals surface area contributed by atoms with Gasteiger partial charge in [-0.1, -0.05) is 23.4 Å². The van der Waals surface area contributed by atoms with Crippen molar-refractivity contribution < 1.29 is 14.3 Å². The van der Waals surface area contributed by atoms with Crippen molar-refractivity contribution in [3.63, 3.8) is 0 Å². The fraction of sp³-hybridized carbons (Fsp3) is 0.200. The average molecular weight is 489 g/mol. The Morgan fingerprint density at radius 1 is 1.25 bits per heavy atom. The smallest absolute Gasteiger partial charge is 0.311 e. The molecule has 3 heterocycles. The quantitative estimate of drug-likeness (QED) is 0.226. The first-order valence-corrected chi connectivity index (χ1v) is 11.7. The van der Waals surface area contributed by atoms with E-state index < -0.39 is 0 Å². The summed E-state index contributed by atoms with van der Waals surface area (Å²) in [5.74, 6) is -0.451. The van der Waals surface area contributed by atoms with E-state index in [4.69, 9.17) is 16.3 Å². The summed E-state index contributed by atoms with van der Waals surface area (Å²) in [5, 5.41) is 11.3. The third kappa shape index (κ3) is 5.23. The van der Waals surface area contributed by atoms with Gasteiger partial charge in [-0.25, -0.2) is 19.6 Å². The molecule has 0 aliphatic heterocycles. The number of hydrogen-bond acceptors (Lipinski definition) is 9. The van der Waals surface area contributed by atoms with E-state index in [1.807, 2.05) is 12.1 Å². The number of anilines is 1. The molecule has 0 atom stereocenters. The normalized spacial score (nSPS) is 10.9. The predicted octanol–water partition coefficient (Wildman–Crippen LogP) is 3.76. The molecule has 1 aromatic carbocycles. The van der Waals surface area contributed by atoms with Gasteiger partial charge in [-0.3, -0.25) is 9.59 Å². The molecule has 0 aliphatic rings. The van der Waals surface area contributed by atoms with Crippen LogP contribution in [0.4, 0.5) is 5.13 Å². The minimum absolute atomic E-state index is 0.0749. The van der Waals surface area contributed by atoms with Crippen molar-refractivity contribution in [1.82, 2.24) is 24.7 Å². The van der Waals surface area contributed by atoms with Crippen molar-refractivity contribution in [1.29, 1.82) is 0 Å². The summed E-state index contributed by atoms with van der Waals surface area (Å²) in [6.07, 6.45) is 3.19. The van der Waals surface area contributed by atoms with E-state index in [0.29, 0.717) is 33.1 Å². The van der Waals surface area contributed by atoms with Crippen LogP contribution in [0.5, 0.6) is 0 Å². The third-order valence-corrected chi connectivity index (χ3v) is 6.23. The molecule has 0 spiro atoms. The van der Waals surface area contributed by atoms with Crippen LogP contribution in [-0.4, -0.2) is 49.0 Å².